The minimum absolute atomic E-state index is 0.240. The molecule has 3 rings (SSSR count). The first-order valence-electron chi connectivity index (χ1n) is 9.37. The molecule has 2 aromatic heterocycles. The molecule has 2 heterocycles. The van der Waals surface area contributed by atoms with Gasteiger partial charge in [-0.15, -0.1) is 0 Å². The molecule has 166 valence electrons. The summed E-state index contributed by atoms with van der Waals surface area (Å²) in [5.74, 6) is -0.829. The highest BCUT2D eigenvalue weighted by Crippen LogP contribution is 2.23. The summed E-state index contributed by atoms with van der Waals surface area (Å²) in [6.07, 6.45) is -2.59. The molecule has 0 radical (unpaired) electrons. The fraction of sp³-hybridized carbons (Fsp3) is 0.350. The zero-order valence-corrected chi connectivity index (χ0v) is 18.1. The molecule has 0 N–H and O–H groups in total. The molecular formula is C20H19ClF3N3O3S. The Hall–Kier alpha value is -2.46. The van der Waals surface area contributed by atoms with Crippen LogP contribution in [0, 0.1) is 0 Å². The second kappa shape index (κ2) is 9.78. The number of amides is 1. The van der Waals surface area contributed by atoms with Crippen LogP contribution in [0.5, 0.6) is 0 Å². The number of furan rings is 1. The third kappa shape index (κ3) is 6.04. The molecule has 0 aliphatic carbocycles. The first-order valence-corrected chi connectivity index (χ1v) is 10.7. The van der Waals surface area contributed by atoms with E-state index in [0.717, 1.165) is 11.8 Å². The number of fused-ring (bicyclic) bond motifs is 1. The van der Waals surface area contributed by atoms with Crippen molar-refractivity contribution >= 4 is 40.2 Å². The zero-order valence-electron chi connectivity index (χ0n) is 16.5. The lowest BCUT2D eigenvalue weighted by atomic mass is 10.2. The van der Waals surface area contributed by atoms with Crippen molar-refractivity contribution in [1.29, 1.82) is 0 Å². The quantitative estimate of drug-likeness (QED) is 0.349. The van der Waals surface area contributed by atoms with Crippen LogP contribution in [0.25, 0.3) is 10.9 Å². The van der Waals surface area contributed by atoms with E-state index in [1.54, 1.807) is 12.1 Å². The van der Waals surface area contributed by atoms with Gasteiger partial charge in [-0.2, -0.15) is 13.2 Å². The largest absolute Gasteiger partial charge is 0.467 e. The van der Waals surface area contributed by atoms with Gasteiger partial charge in [0.2, 0.25) is 5.91 Å². The molecule has 0 fully saturated rings. The second-order valence-corrected chi connectivity index (χ2v) is 8.12. The maximum Gasteiger partial charge on any atom is 0.406 e. The van der Waals surface area contributed by atoms with Crippen molar-refractivity contribution in [2.24, 2.45) is 0 Å². The summed E-state index contributed by atoms with van der Waals surface area (Å²) >= 11 is 6.91. The predicted octanol–water partition coefficient (Wildman–Crippen LogP) is 4.74. The minimum atomic E-state index is -4.56. The molecule has 0 spiro atoms. The van der Waals surface area contributed by atoms with Crippen molar-refractivity contribution in [3.8, 4) is 0 Å². The van der Waals surface area contributed by atoms with Crippen LogP contribution in [0.3, 0.4) is 0 Å². The van der Waals surface area contributed by atoms with Crippen molar-refractivity contribution in [3.63, 3.8) is 0 Å². The number of carbonyl (C=O) groups is 1. The van der Waals surface area contributed by atoms with Gasteiger partial charge in [0, 0.05) is 11.6 Å². The van der Waals surface area contributed by atoms with Gasteiger partial charge in [0.25, 0.3) is 5.56 Å². The molecule has 11 heteroatoms. The van der Waals surface area contributed by atoms with E-state index in [9.17, 15) is 22.8 Å². The third-order valence-corrected chi connectivity index (χ3v) is 5.50. The maximum absolute atomic E-state index is 13.0. The SMILES string of the molecule is CCCn1c(SCC(=O)N(Cc2ccco2)CC(F)(F)F)nc2cc(Cl)ccc2c1=O. The summed E-state index contributed by atoms with van der Waals surface area (Å²) in [5, 5.41) is 1.03. The summed E-state index contributed by atoms with van der Waals surface area (Å²) in [6, 6.07) is 7.73. The molecule has 0 atom stereocenters. The number of thioether (sulfide) groups is 1. The van der Waals surface area contributed by atoms with Crippen LogP contribution in [0.2, 0.25) is 5.02 Å². The van der Waals surface area contributed by atoms with E-state index >= 15 is 0 Å². The zero-order chi connectivity index (χ0) is 22.6. The summed E-state index contributed by atoms with van der Waals surface area (Å²) in [6.45, 7) is 0.524. The molecule has 3 aromatic rings. The van der Waals surface area contributed by atoms with Crippen molar-refractivity contribution in [3.05, 3.63) is 57.7 Å². The average Bonchev–Trinajstić information content (AvgIpc) is 3.20. The number of hydrogen-bond donors (Lipinski definition) is 0. The van der Waals surface area contributed by atoms with E-state index in [0.29, 0.717) is 33.8 Å². The molecular weight excluding hydrogens is 455 g/mol. The molecule has 1 aromatic carbocycles. The number of benzene rings is 1. The van der Waals surface area contributed by atoms with Gasteiger partial charge in [-0.05, 0) is 36.8 Å². The highest BCUT2D eigenvalue weighted by Gasteiger charge is 2.33. The van der Waals surface area contributed by atoms with Crippen LogP contribution in [0.15, 0.2) is 51.0 Å². The Morgan fingerprint density at radius 1 is 1.32 bits per heavy atom. The topological polar surface area (TPSA) is 68.3 Å². The normalized spacial score (nSPS) is 11.8. The van der Waals surface area contributed by atoms with Gasteiger partial charge in [0.1, 0.15) is 12.3 Å². The smallest absolute Gasteiger partial charge is 0.406 e. The molecule has 1 amide bonds. The van der Waals surface area contributed by atoms with Crippen molar-refractivity contribution in [2.75, 3.05) is 12.3 Å². The molecule has 0 bridgehead atoms. The molecule has 0 aliphatic rings. The number of rotatable bonds is 8. The summed E-state index contributed by atoms with van der Waals surface area (Å²) < 4.78 is 45.5. The van der Waals surface area contributed by atoms with Crippen LogP contribution >= 0.6 is 23.4 Å². The van der Waals surface area contributed by atoms with Crippen molar-refractivity contribution in [1.82, 2.24) is 14.5 Å². The number of nitrogens with zero attached hydrogens (tertiary/aromatic N) is 3. The maximum atomic E-state index is 13.0. The van der Waals surface area contributed by atoms with E-state index in [4.69, 9.17) is 16.0 Å². The number of alkyl halides is 3. The molecule has 0 unspecified atom stereocenters. The van der Waals surface area contributed by atoms with Gasteiger partial charge in [-0.3, -0.25) is 14.2 Å². The summed E-state index contributed by atoms with van der Waals surface area (Å²) in [5.41, 5.74) is 0.0729. The highest BCUT2D eigenvalue weighted by molar-refractivity contribution is 7.99. The Morgan fingerprint density at radius 2 is 2.10 bits per heavy atom. The lowest BCUT2D eigenvalue weighted by molar-refractivity contribution is -0.161. The van der Waals surface area contributed by atoms with E-state index in [1.807, 2.05) is 6.92 Å². The van der Waals surface area contributed by atoms with Gasteiger partial charge < -0.3 is 9.32 Å². The summed E-state index contributed by atoms with van der Waals surface area (Å²) in [4.78, 5) is 30.6. The van der Waals surface area contributed by atoms with Crippen molar-refractivity contribution < 1.29 is 22.4 Å². The Balaban J connectivity index is 1.85. The van der Waals surface area contributed by atoms with Crippen LogP contribution in [-0.4, -0.2) is 38.8 Å². The lowest BCUT2D eigenvalue weighted by Crippen LogP contribution is -2.39. The number of carbonyl (C=O) groups excluding carboxylic acids is 1. The molecule has 0 saturated heterocycles. The second-order valence-electron chi connectivity index (χ2n) is 6.75. The number of aromatic nitrogens is 2. The number of halogens is 4. The van der Waals surface area contributed by atoms with Gasteiger partial charge in [0.15, 0.2) is 5.16 Å². The van der Waals surface area contributed by atoms with E-state index in [2.05, 4.69) is 4.98 Å². The molecule has 0 saturated carbocycles. The van der Waals surface area contributed by atoms with E-state index < -0.39 is 18.6 Å². The first-order chi connectivity index (χ1) is 14.7. The van der Waals surface area contributed by atoms with Gasteiger partial charge in [-0.1, -0.05) is 30.3 Å². The Morgan fingerprint density at radius 3 is 2.74 bits per heavy atom. The fourth-order valence-corrected chi connectivity index (χ4v) is 4.06. The number of hydrogen-bond acceptors (Lipinski definition) is 5. The standard InChI is InChI=1S/C20H19ClF3N3O3S/c1-2-7-27-18(29)15-6-5-13(21)9-16(15)25-19(27)31-11-17(28)26(12-20(22,23)24)10-14-4-3-8-30-14/h3-6,8-9H,2,7,10-12H2,1H3. The Bertz CT molecular complexity index is 1120. The fourth-order valence-electron chi connectivity index (χ4n) is 2.96. The van der Waals surface area contributed by atoms with E-state index in [-0.39, 0.29) is 28.8 Å². The Kier molecular flexibility index (Phi) is 7.32. The molecule has 0 aliphatic heterocycles. The summed E-state index contributed by atoms with van der Waals surface area (Å²) in [7, 11) is 0. The first kappa shape index (κ1) is 23.2. The molecule has 31 heavy (non-hydrogen) atoms. The highest BCUT2D eigenvalue weighted by atomic mass is 35.5. The van der Waals surface area contributed by atoms with Crippen LogP contribution in [-0.2, 0) is 17.9 Å². The van der Waals surface area contributed by atoms with Crippen LogP contribution < -0.4 is 5.56 Å². The predicted molar refractivity (Wildman–Crippen MR) is 112 cm³/mol. The lowest BCUT2D eigenvalue weighted by Gasteiger charge is -2.23. The average molecular weight is 474 g/mol. The molecule has 6 nitrogen and oxygen atoms in total. The van der Waals surface area contributed by atoms with Gasteiger partial charge in [-0.25, -0.2) is 4.98 Å². The van der Waals surface area contributed by atoms with E-state index in [1.165, 1.54) is 29.0 Å². The van der Waals surface area contributed by atoms with Crippen molar-refractivity contribution in [2.45, 2.75) is 37.8 Å². The Labute approximate surface area is 185 Å². The van der Waals surface area contributed by atoms with Gasteiger partial charge in [0.05, 0.1) is 29.5 Å². The monoisotopic (exact) mass is 473 g/mol. The third-order valence-electron chi connectivity index (χ3n) is 4.30. The minimum Gasteiger partial charge on any atom is -0.467 e. The van der Waals surface area contributed by atoms with Crippen LogP contribution in [0.4, 0.5) is 13.2 Å². The van der Waals surface area contributed by atoms with Crippen LogP contribution in [0.1, 0.15) is 19.1 Å². The van der Waals surface area contributed by atoms with Gasteiger partial charge >= 0.3 is 6.18 Å².